The zero-order valence-electron chi connectivity index (χ0n) is 10.0. The lowest BCUT2D eigenvalue weighted by Gasteiger charge is -2.22. The van der Waals surface area contributed by atoms with Gasteiger partial charge in [0, 0.05) is 10.6 Å². The van der Waals surface area contributed by atoms with Crippen LogP contribution in [0.1, 0.15) is 23.9 Å². The molecule has 1 aliphatic heterocycles. The molecule has 0 bridgehead atoms. The molecule has 3 rings (SSSR count). The van der Waals surface area contributed by atoms with Gasteiger partial charge in [-0.05, 0) is 12.1 Å². The van der Waals surface area contributed by atoms with Crippen LogP contribution in [0.4, 0.5) is 0 Å². The van der Waals surface area contributed by atoms with E-state index in [9.17, 15) is 0 Å². The van der Waals surface area contributed by atoms with Crippen molar-refractivity contribution in [1.29, 1.82) is 0 Å². The van der Waals surface area contributed by atoms with Gasteiger partial charge in [0.25, 0.3) is 0 Å². The van der Waals surface area contributed by atoms with Crippen LogP contribution in [0.2, 0.25) is 0 Å². The monoisotopic (exact) mass is 279 g/mol. The third-order valence-electron chi connectivity index (χ3n) is 2.77. The van der Waals surface area contributed by atoms with Gasteiger partial charge in [-0.15, -0.1) is 11.8 Å². The van der Waals surface area contributed by atoms with Crippen LogP contribution >= 0.6 is 11.8 Å². The van der Waals surface area contributed by atoms with E-state index >= 15 is 0 Å². The van der Waals surface area contributed by atoms with E-state index < -0.39 is 6.04 Å². The maximum atomic E-state index is 8.95. The van der Waals surface area contributed by atoms with Crippen LogP contribution in [0.15, 0.2) is 33.7 Å². The first-order valence-electron chi connectivity index (χ1n) is 5.86. The maximum Gasteiger partial charge on any atom is 0.246 e. The minimum Gasteiger partial charge on any atom is -0.480 e. The van der Waals surface area contributed by atoms with Crippen molar-refractivity contribution in [3.63, 3.8) is 0 Å². The largest absolute Gasteiger partial charge is 0.480 e. The lowest BCUT2D eigenvalue weighted by Crippen LogP contribution is -2.17. The molecule has 6 nitrogen and oxygen atoms in total. The normalized spacial score (nSPS) is 19.6. The molecular formula is C12H13N3O3S. The Morgan fingerprint density at radius 2 is 2.32 bits per heavy atom. The summed E-state index contributed by atoms with van der Waals surface area (Å²) < 4.78 is 10.9. The quantitative estimate of drug-likeness (QED) is 0.874. The summed E-state index contributed by atoms with van der Waals surface area (Å²) in [7, 11) is 0. The zero-order valence-corrected chi connectivity index (χ0v) is 10.8. The lowest BCUT2D eigenvalue weighted by molar-refractivity contribution is 0.204. The first-order valence-corrected chi connectivity index (χ1v) is 6.85. The number of ether oxygens (including phenoxy) is 1. The van der Waals surface area contributed by atoms with E-state index in [-0.39, 0.29) is 18.6 Å². The van der Waals surface area contributed by atoms with Gasteiger partial charge in [0.15, 0.2) is 6.10 Å². The highest BCUT2D eigenvalue weighted by atomic mass is 32.2. The Morgan fingerprint density at radius 1 is 1.47 bits per heavy atom. The molecule has 0 radical (unpaired) electrons. The molecule has 1 aliphatic rings. The number of hydrogen-bond acceptors (Lipinski definition) is 7. The number of nitrogens with zero attached hydrogens (tertiary/aromatic N) is 2. The van der Waals surface area contributed by atoms with Crippen molar-refractivity contribution in [3.8, 4) is 5.75 Å². The summed E-state index contributed by atoms with van der Waals surface area (Å²) in [6.45, 7) is -0.231. The number of rotatable bonds is 3. The number of fused-ring (bicyclic) bond motifs is 1. The SMILES string of the molecule is NC(CO)c1nc(C2CSc3ccccc3O2)no1. The summed E-state index contributed by atoms with van der Waals surface area (Å²) >= 11 is 1.69. The summed E-state index contributed by atoms with van der Waals surface area (Å²) in [5, 5.41) is 12.8. The number of thioether (sulfide) groups is 1. The van der Waals surface area contributed by atoms with E-state index in [1.54, 1.807) is 11.8 Å². The number of benzene rings is 1. The zero-order chi connectivity index (χ0) is 13.2. The molecule has 0 amide bonds. The van der Waals surface area contributed by atoms with Crippen LogP contribution in [-0.4, -0.2) is 27.6 Å². The van der Waals surface area contributed by atoms with Gasteiger partial charge in [-0.3, -0.25) is 0 Å². The van der Waals surface area contributed by atoms with Gasteiger partial charge in [0.2, 0.25) is 11.7 Å². The van der Waals surface area contributed by atoms with Crippen molar-refractivity contribution in [2.75, 3.05) is 12.4 Å². The molecule has 100 valence electrons. The smallest absolute Gasteiger partial charge is 0.246 e. The summed E-state index contributed by atoms with van der Waals surface area (Å²) in [6, 6.07) is 7.17. The Hall–Kier alpha value is -1.57. The van der Waals surface area contributed by atoms with Crippen LogP contribution in [0, 0.1) is 0 Å². The van der Waals surface area contributed by atoms with Crippen LogP contribution in [0.5, 0.6) is 5.75 Å². The fraction of sp³-hybridized carbons (Fsp3) is 0.333. The number of aliphatic hydroxyl groups is 1. The van der Waals surface area contributed by atoms with Crippen molar-refractivity contribution in [2.45, 2.75) is 17.0 Å². The van der Waals surface area contributed by atoms with Gasteiger partial charge in [0.1, 0.15) is 11.8 Å². The predicted molar refractivity (Wildman–Crippen MR) is 68.8 cm³/mol. The van der Waals surface area contributed by atoms with Crippen molar-refractivity contribution < 1.29 is 14.4 Å². The van der Waals surface area contributed by atoms with Gasteiger partial charge in [-0.1, -0.05) is 17.3 Å². The van der Waals surface area contributed by atoms with Crippen LogP contribution < -0.4 is 10.5 Å². The van der Waals surface area contributed by atoms with Crippen LogP contribution in [-0.2, 0) is 0 Å². The predicted octanol–water partition coefficient (Wildman–Crippen LogP) is 1.29. The second-order valence-corrected chi connectivity index (χ2v) is 5.21. The summed E-state index contributed by atoms with van der Waals surface area (Å²) in [4.78, 5) is 5.28. The molecule has 0 spiro atoms. The first kappa shape index (κ1) is 12.5. The molecule has 1 aromatic heterocycles. The second-order valence-electron chi connectivity index (χ2n) is 4.14. The Balaban J connectivity index is 1.79. The Bertz CT molecular complexity index is 575. The minimum atomic E-state index is -0.648. The standard InChI is InChI=1S/C12H13N3O3S/c13-7(5-16)12-14-11(15-18-12)9-6-19-10-4-2-1-3-8(10)17-9/h1-4,7,9,16H,5-6,13H2. The fourth-order valence-corrected chi connectivity index (χ4v) is 2.73. The molecule has 0 aliphatic carbocycles. The maximum absolute atomic E-state index is 8.95. The van der Waals surface area contributed by atoms with Crippen molar-refractivity contribution in [1.82, 2.24) is 10.1 Å². The number of aliphatic hydroxyl groups excluding tert-OH is 1. The highest BCUT2D eigenvalue weighted by Crippen LogP contribution is 2.39. The summed E-state index contributed by atoms with van der Waals surface area (Å²) in [5.74, 6) is 2.22. The second kappa shape index (κ2) is 5.20. The number of nitrogens with two attached hydrogens (primary N) is 1. The molecular weight excluding hydrogens is 266 g/mol. The number of para-hydroxylation sites is 1. The third-order valence-corrected chi connectivity index (χ3v) is 3.89. The lowest BCUT2D eigenvalue weighted by atomic mass is 10.3. The molecule has 7 heteroatoms. The molecule has 3 N–H and O–H groups in total. The molecule has 2 atom stereocenters. The molecule has 0 saturated carbocycles. The third kappa shape index (κ3) is 2.44. The Kier molecular flexibility index (Phi) is 3.41. The molecule has 2 heterocycles. The van der Waals surface area contributed by atoms with Crippen molar-refractivity contribution in [2.24, 2.45) is 5.73 Å². The summed E-state index contributed by atoms with van der Waals surface area (Å²) in [5.41, 5.74) is 5.62. The molecule has 19 heavy (non-hydrogen) atoms. The van der Waals surface area contributed by atoms with Crippen LogP contribution in [0.3, 0.4) is 0 Å². The van der Waals surface area contributed by atoms with Gasteiger partial charge < -0.3 is 20.1 Å². The van der Waals surface area contributed by atoms with Gasteiger partial charge in [0.05, 0.1) is 6.61 Å². The minimum absolute atomic E-state index is 0.227. The van der Waals surface area contributed by atoms with E-state index in [0.717, 1.165) is 10.6 Å². The first-order chi connectivity index (χ1) is 9.28. The topological polar surface area (TPSA) is 94.4 Å². The number of aromatic nitrogens is 2. The molecule has 2 aromatic rings. The van der Waals surface area contributed by atoms with Crippen molar-refractivity contribution >= 4 is 11.8 Å². The molecule has 1 aromatic carbocycles. The van der Waals surface area contributed by atoms with E-state index in [1.807, 2.05) is 24.3 Å². The van der Waals surface area contributed by atoms with E-state index in [2.05, 4.69) is 10.1 Å². The van der Waals surface area contributed by atoms with Gasteiger partial charge in [-0.25, -0.2) is 0 Å². The highest BCUT2D eigenvalue weighted by molar-refractivity contribution is 7.99. The fourth-order valence-electron chi connectivity index (χ4n) is 1.75. The van der Waals surface area contributed by atoms with Crippen molar-refractivity contribution in [3.05, 3.63) is 36.0 Å². The van der Waals surface area contributed by atoms with Crippen LogP contribution in [0.25, 0.3) is 0 Å². The van der Waals surface area contributed by atoms with E-state index in [0.29, 0.717) is 11.6 Å². The average Bonchev–Trinajstić information content (AvgIpc) is 2.95. The highest BCUT2D eigenvalue weighted by Gasteiger charge is 2.27. The molecule has 2 unspecified atom stereocenters. The Labute approximate surface area is 113 Å². The summed E-state index contributed by atoms with van der Waals surface area (Å²) in [6.07, 6.45) is -0.261. The number of hydrogen-bond donors (Lipinski definition) is 2. The van der Waals surface area contributed by atoms with E-state index in [1.165, 1.54) is 0 Å². The van der Waals surface area contributed by atoms with E-state index in [4.69, 9.17) is 20.1 Å². The average molecular weight is 279 g/mol. The van der Waals surface area contributed by atoms with Gasteiger partial charge in [-0.2, -0.15) is 4.98 Å². The molecule has 0 fully saturated rings. The molecule has 0 saturated heterocycles. The van der Waals surface area contributed by atoms with Gasteiger partial charge >= 0.3 is 0 Å². The Morgan fingerprint density at radius 3 is 3.16 bits per heavy atom.